The number of nitrogens with two attached hydrogens (primary N) is 1. The minimum absolute atomic E-state index is 0.0133. The lowest BCUT2D eigenvalue weighted by Gasteiger charge is -2.20. The first-order chi connectivity index (χ1) is 10.0. The van der Waals surface area contributed by atoms with Gasteiger partial charge in [0.1, 0.15) is 0 Å². The average Bonchev–Trinajstić information content (AvgIpc) is 2.46. The summed E-state index contributed by atoms with van der Waals surface area (Å²) in [6.07, 6.45) is 1.58. The summed E-state index contributed by atoms with van der Waals surface area (Å²) < 4.78 is 0. The Morgan fingerprint density at radius 3 is 2.43 bits per heavy atom. The fraction of sp³-hybridized carbons (Fsp3) is 0.588. The highest BCUT2D eigenvalue weighted by molar-refractivity contribution is 5.81. The third-order valence-corrected chi connectivity index (χ3v) is 3.38. The van der Waals surface area contributed by atoms with Crippen LogP contribution < -0.4 is 16.4 Å². The van der Waals surface area contributed by atoms with Gasteiger partial charge in [-0.05, 0) is 24.3 Å². The number of carbonyl (C=O) groups excluding carboxylic acids is 1. The molecule has 21 heavy (non-hydrogen) atoms. The van der Waals surface area contributed by atoms with Crippen molar-refractivity contribution in [2.75, 3.05) is 13.1 Å². The molecule has 0 spiro atoms. The van der Waals surface area contributed by atoms with Gasteiger partial charge in [-0.2, -0.15) is 0 Å². The summed E-state index contributed by atoms with van der Waals surface area (Å²) >= 11 is 0. The Bertz CT molecular complexity index is 406. The molecule has 1 aromatic rings. The number of nitrogens with one attached hydrogen (secondary N) is 2. The number of amides is 1. The summed E-state index contributed by atoms with van der Waals surface area (Å²) in [7, 11) is 0. The van der Waals surface area contributed by atoms with Crippen LogP contribution in [0.3, 0.4) is 0 Å². The number of rotatable bonds is 9. The molecule has 0 radical (unpaired) electrons. The lowest BCUT2D eigenvalue weighted by atomic mass is 10.1. The minimum Gasteiger partial charge on any atom is -0.354 e. The smallest absolute Gasteiger partial charge is 0.237 e. The van der Waals surface area contributed by atoms with Gasteiger partial charge in [0.05, 0.1) is 6.04 Å². The normalized spacial score (nSPS) is 14.0. The molecule has 1 unspecified atom stereocenters. The molecule has 4 nitrogen and oxygen atoms in total. The second-order valence-electron chi connectivity index (χ2n) is 5.96. The van der Waals surface area contributed by atoms with Crippen molar-refractivity contribution in [1.82, 2.24) is 10.6 Å². The second kappa shape index (κ2) is 9.53. The molecule has 1 rings (SSSR count). The van der Waals surface area contributed by atoms with Gasteiger partial charge in [-0.3, -0.25) is 4.79 Å². The first kappa shape index (κ1) is 17.7. The molecule has 4 heteroatoms. The summed E-state index contributed by atoms with van der Waals surface area (Å²) in [6.45, 7) is 7.54. The molecule has 118 valence electrons. The zero-order valence-corrected chi connectivity index (χ0v) is 13.4. The maximum Gasteiger partial charge on any atom is 0.237 e. The van der Waals surface area contributed by atoms with Crippen molar-refractivity contribution in [1.29, 1.82) is 0 Å². The van der Waals surface area contributed by atoms with Gasteiger partial charge in [-0.1, -0.05) is 51.1 Å². The third kappa shape index (κ3) is 7.25. The average molecular weight is 291 g/mol. The Kier molecular flexibility index (Phi) is 8.01. The van der Waals surface area contributed by atoms with Crippen LogP contribution in [0.15, 0.2) is 30.3 Å². The first-order valence-electron chi connectivity index (χ1n) is 7.83. The molecule has 0 bridgehead atoms. The summed E-state index contributed by atoms with van der Waals surface area (Å²) in [5, 5.41) is 6.24. The monoisotopic (exact) mass is 291 g/mol. The lowest BCUT2D eigenvalue weighted by molar-refractivity contribution is -0.123. The number of benzene rings is 1. The van der Waals surface area contributed by atoms with Crippen molar-refractivity contribution in [3.8, 4) is 0 Å². The van der Waals surface area contributed by atoms with Crippen molar-refractivity contribution in [3.63, 3.8) is 0 Å². The van der Waals surface area contributed by atoms with Gasteiger partial charge in [0.2, 0.25) is 5.91 Å². The standard InChI is InChI=1S/C17H29N3O/c1-4-16(17(21)20-11-13(2)3)19-12-15(18)10-14-8-6-5-7-9-14/h5-9,13,15-16,19H,4,10-12,18H2,1-3H3,(H,20,21)/t15?,16-/m0/s1. The van der Waals surface area contributed by atoms with E-state index in [1.54, 1.807) is 0 Å². The molecule has 2 atom stereocenters. The first-order valence-corrected chi connectivity index (χ1v) is 7.83. The van der Waals surface area contributed by atoms with Gasteiger partial charge in [-0.15, -0.1) is 0 Å². The molecule has 0 heterocycles. The highest BCUT2D eigenvalue weighted by atomic mass is 16.2. The molecule has 0 aromatic heterocycles. The molecule has 0 saturated heterocycles. The molecule has 0 aliphatic rings. The topological polar surface area (TPSA) is 67.1 Å². The molecule has 0 aliphatic heterocycles. The third-order valence-electron chi connectivity index (χ3n) is 3.38. The van der Waals surface area contributed by atoms with Crippen molar-refractivity contribution in [2.24, 2.45) is 11.7 Å². The van der Waals surface area contributed by atoms with E-state index in [2.05, 4.69) is 36.6 Å². The van der Waals surface area contributed by atoms with E-state index >= 15 is 0 Å². The summed E-state index contributed by atoms with van der Waals surface area (Å²) in [5.41, 5.74) is 7.36. The predicted molar refractivity (Wildman–Crippen MR) is 88.1 cm³/mol. The van der Waals surface area contributed by atoms with E-state index in [0.29, 0.717) is 19.0 Å². The Labute approximate surface area is 128 Å². The summed E-state index contributed by atoms with van der Waals surface area (Å²) in [4.78, 5) is 12.0. The number of hydrogen-bond acceptors (Lipinski definition) is 3. The summed E-state index contributed by atoms with van der Waals surface area (Å²) in [6, 6.07) is 10.0. The molecule has 1 amide bonds. The molecule has 4 N–H and O–H groups in total. The SMILES string of the molecule is CC[C@H](NCC(N)Cc1ccccc1)C(=O)NCC(C)C. The van der Waals surface area contributed by atoms with Gasteiger partial charge in [-0.25, -0.2) is 0 Å². The van der Waals surface area contributed by atoms with Crippen LogP contribution >= 0.6 is 0 Å². The van der Waals surface area contributed by atoms with Crippen LogP contribution in [0.2, 0.25) is 0 Å². The van der Waals surface area contributed by atoms with Gasteiger partial charge in [0.15, 0.2) is 0 Å². The van der Waals surface area contributed by atoms with E-state index in [1.807, 2.05) is 25.1 Å². The van der Waals surface area contributed by atoms with Crippen molar-refractivity contribution < 1.29 is 4.79 Å². The van der Waals surface area contributed by atoms with Crippen LogP contribution in [0.25, 0.3) is 0 Å². The molecule has 0 saturated carbocycles. The van der Waals surface area contributed by atoms with Crippen LogP contribution in [-0.2, 0) is 11.2 Å². The van der Waals surface area contributed by atoms with E-state index < -0.39 is 0 Å². The van der Waals surface area contributed by atoms with Crippen molar-refractivity contribution in [2.45, 2.75) is 45.7 Å². The molecular formula is C17H29N3O. The molecular weight excluding hydrogens is 262 g/mol. The van der Waals surface area contributed by atoms with Gasteiger partial charge < -0.3 is 16.4 Å². The van der Waals surface area contributed by atoms with Crippen molar-refractivity contribution >= 4 is 5.91 Å². The van der Waals surface area contributed by atoms with E-state index in [1.165, 1.54) is 5.56 Å². The Morgan fingerprint density at radius 1 is 1.19 bits per heavy atom. The van der Waals surface area contributed by atoms with E-state index in [-0.39, 0.29) is 18.0 Å². The highest BCUT2D eigenvalue weighted by Crippen LogP contribution is 2.02. The Morgan fingerprint density at radius 2 is 1.86 bits per heavy atom. The fourth-order valence-electron chi connectivity index (χ4n) is 2.13. The molecule has 0 aliphatic carbocycles. The van der Waals surface area contributed by atoms with Crippen LogP contribution in [-0.4, -0.2) is 31.1 Å². The van der Waals surface area contributed by atoms with Crippen LogP contribution in [0.1, 0.15) is 32.8 Å². The van der Waals surface area contributed by atoms with Crippen LogP contribution in [0, 0.1) is 5.92 Å². The Balaban J connectivity index is 2.35. The van der Waals surface area contributed by atoms with Crippen molar-refractivity contribution in [3.05, 3.63) is 35.9 Å². The zero-order valence-electron chi connectivity index (χ0n) is 13.4. The Hall–Kier alpha value is -1.39. The minimum atomic E-state index is -0.162. The van der Waals surface area contributed by atoms with E-state index in [9.17, 15) is 4.79 Å². The zero-order chi connectivity index (χ0) is 15.7. The summed E-state index contributed by atoms with van der Waals surface area (Å²) in [5.74, 6) is 0.532. The van der Waals surface area contributed by atoms with E-state index in [4.69, 9.17) is 5.73 Å². The second-order valence-corrected chi connectivity index (χ2v) is 5.96. The maximum absolute atomic E-state index is 12.0. The molecule has 1 aromatic carbocycles. The quantitative estimate of drug-likeness (QED) is 0.649. The maximum atomic E-state index is 12.0. The van der Waals surface area contributed by atoms with Gasteiger partial charge in [0.25, 0.3) is 0 Å². The van der Waals surface area contributed by atoms with Gasteiger partial charge in [0, 0.05) is 19.1 Å². The van der Waals surface area contributed by atoms with Gasteiger partial charge >= 0.3 is 0 Å². The van der Waals surface area contributed by atoms with Crippen LogP contribution in [0.5, 0.6) is 0 Å². The number of carbonyl (C=O) groups is 1. The fourth-order valence-corrected chi connectivity index (χ4v) is 2.13. The number of hydrogen-bond donors (Lipinski definition) is 3. The predicted octanol–water partition coefficient (Wildman–Crippen LogP) is 1.70. The molecule has 0 fully saturated rings. The van der Waals surface area contributed by atoms with E-state index in [0.717, 1.165) is 12.8 Å². The highest BCUT2D eigenvalue weighted by Gasteiger charge is 2.16. The lowest BCUT2D eigenvalue weighted by Crippen LogP contribution is -2.48. The largest absolute Gasteiger partial charge is 0.354 e. The van der Waals surface area contributed by atoms with Crippen LogP contribution in [0.4, 0.5) is 0 Å².